The number of hydrogen-bond acceptors (Lipinski definition) is 6. The van der Waals surface area contributed by atoms with Crippen LogP contribution in [-0.2, 0) is 9.53 Å². The topological polar surface area (TPSA) is 128 Å². The minimum atomic E-state index is -1.14. The van der Waals surface area contributed by atoms with Crippen molar-refractivity contribution < 1.29 is 19.6 Å². The largest absolute Gasteiger partial charge is 0.505 e. The Morgan fingerprint density at radius 2 is 2.10 bits per heavy atom. The van der Waals surface area contributed by atoms with Crippen LogP contribution in [0.15, 0.2) is 18.2 Å². The molecule has 4 N–H and O–H groups in total. The number of nitrogens with one attached hydrogen (secondary N) is 1. The molecule has 1 aromatic rings. The first-order valence-electron chi connectivity index (χ1n) is 6.08. The third kappa shape index (κ3) is 2.70. The van der Waals surface area contributed by atoms with Gasteiger partial charge in [-0.1, -0.05) is 6.07 Å². The number of carbonyl (C=O) groups excluding carboxylic acids is 1. The molecule has 1 aliphatic heterocycles. The maximum atomic E-state index is 12.2. The summed E-state index contributed by atoms with van der Waals surface area (Å²) >= 11 is 0. The number of ether oxygens (including phenoxy) is 1. The second kappa shape index (κ2) is 5.43. The molecule has 8 nitrogen and oxygen atoms in total. The van der Waals surface area contributed by atoms with Gasteiger partial charge in [0, 0.05) is 19.3 Å². The molecule has 0 radical (unpaired) electrons. The number of nitrogens with zero attached hydrogens (tertiary/aromatic N) is 1. The molecular formula is C12H15N3O5. The zero-order valence-corrected chi connectivity index (χ0v) is 10.7. The summed E-state index contributed by atoms with van der Waals surface area (Å²) in [4.78, 5) is 22.4. The molecule has 0 bridgehead atoms. The Labute approximate surface area is 114 Å². The highest BCUT2D eigenvalue weighted by Gasteiger charge is 2.37. The third-order valence-electron chi connectivity index (χ3n) is 3.29. The van der Waals surface area contributed by atoms with Gasteiger partial charge in [-0.3, -0.25) is 14.9 Å². The van der Waals surface area contributed by atoms with Gasteiger partial charge in [0.05, 0.1) is 4.92 Å². The molecule has 1 amide bonds. The second-order valence-corrected chi connectivity index (χ2v) is 4.65. The van der Waals surface area contributed by atoms with E-state index in [1.54, 1.807) is 0 Å². The summed E-state index contributed by atoms with van der Waals surface area (Å²) < 4.78 is 5.13. The van der Waals surface area contributed by atoms with Gasteiger partial charge >= 0.3 is 0 Å². The average Bonchev–Trinajstić information content (AvgIpc) is 2.41. The number of benzene rings is 1. The molecule has 0 saturated carbocycles. The number of aromatic hydroxyl groups is 1. The van der Waals surface area contributed by atoms with E-state index >= 15 is 0 Å². The van der Waals surface area contributed by atoms with Crippen molar-refractivity contribution in [1.82, 2.24) is 0 Å². The van der Waals surface area contributed by atoms with E-state index in [0.717, 1.165) is 0 Å². The molecule has 20 heavy (non-hydrogen) atoms. The molecule has 2 rings (SSSR count). The normalized spacial score (nSPS) is 17.4. The van der Waals surface area contributed by atoms with Crippen molar-refractivity contribution >= 4 is 17.3 Å². The Balaban J connectivity index is 2.25. The van der Waals surface area contributed by atoms with Crippen molar-refractivity contribution in [3.05, 3.63) is 28.3 Å². The number of anilines is 1. The number of phenolic OH excluding ortho intramolecular Hbond substituents is 1. The summed E-state index contributed by atoms with van der Waals surface area (Å²) in [6.45, 7) is 0.708. The number of amides is 1. The van der Waals surface area contributed by atoms with Crippen LogP contribution < -0.4 is 11.1 Å². The summed E-state index contributed by atoms with van der Waals surface area (Å²) in [5.41, 5.74) is 4.22. The first-order chi connectivity index (χ1) is 9.44. The van der Waals surface area contributed by atoms with Crippen LogP contribution in [0.2, 0.25) is 0 Å². The number of nitro benzene ring substituents is 1. The number of para-hydroxylation sites is 1. The highest BCUT2D eigenvalue weighted by Crippen LogP contribution is 2.34. The van der Waals surface area contributed by atoms with Gasteiger partial charge in [0.1, 0.15) is 11.3 Å². The van der Waals surface area contributed by atoms with Crippen LogP contribution in [-0.4, -0.2) is 34.7 Å². The fourth-order valence-corrected chi connectivity index (χ4v) is 2.01. The molecule has 0 spiro atoms. The van der Waals surface area contributed by atoms with Crippen molar-refractivity contribution in [2.45, 2.75) is 18.4 Å². The Morgan fingerprint density at radius 3 is 2.70 bits per heavy atom. The standard InChI is InChI=1S/C12H15N3O5/c13-12(4-6-20-7-5-12)11(17)14-10-8(15(18)19)2-1-3-9(10)16/h1-3,16H,4-7,13H2,(H,14,17). The molecule has 108 valence electrons. The van der Waals surface area contributed by atoms with Crippen LogP contribution in [0.1, 0.15) is 12.8 Å². The lowest BCUT2D eigenvalue weighted by molar-refractivity contribution is -0.384. The Morgan fingerprint density at radius 1 is 1.45 bits per heavy atom. The molecule has 1 fully saturated rings. The molecule has 0 aliphatic carbocycles. The second-order valence-electron chi connectivity index (χ2n) is 4.65. The van der Waals surface area contributed by atoms with E-state index < -0.39 is 16.4 Å². The van der Waals surface area contributed by atoms with Crippen LogP contribution in [0.4, 0.5) is 11.4 Å². The van der Waals surface area contributed by atoms with Crippen molar-refractivity contribution in [3.8, 4) is 5.75 Å². The minimum Gasteiger partial charge on any atom is -0.505 e. The number of rotatable bonds is 3. The van der Waals surface area contributed by atoms with E-state index in [1.807, 2.05) is 0 Å². The van der Waals surface area contributed by atoms with Crippen molar-refractivity contribution in [1.29, 1.82) is 0 Å². The molecular weight excluding hydrogens is 266 g/mol. The molecule has 0 aromatic heterocycles. The average molecular weight is 281 g/mol. The highest BCUT2D eigenvalue weighted by atomic mass is 16.6. The zero-order valence-electron chi connectivity index (χ0n) is 10.7. The van der Waals surface area contributed by atoms with Crippen molar-refractivity contribution in [2.75, 3.05) is 18.5 Å². The van der Waals surface area contributed by atoms with E-state index in [9.17, 15) is 20.0 Å². The van der Waals surface area contributed by atoms with Gasteiger partial charge in [-0.15, -0.1) is 0 Å². The van der Waals surface area contributed by atoms with Gasteiger partial charge in [-0.2, -0.15) is 0 Å². The maximum Gasteiger partial charge on any atom is 0.296 e. The lowest BCUT2D eigenvalue weighted by Crippen LogP contribution is -2.54. The smallest absolute Gasteiger partial charge is 0.296 e. The number of phenols is 1. The molecule has 1 saturated heterocycles. The first kappa shape index (κ1) is 14.2. The van der Waals surface area contributed by atoms with Gasteiger partial charge in [0.2, 0.25) is 5.91 Å². The van der Waals surface area contributed by atoms with E-state index in [-0.39, 0.29) is 17.1 Å². The van der Waals surface area contributed by atoms with Crippen LogP contribution in [0.25, 0.3) is 0 Å². The maximum absolute atomic E-state index is 12.2. The Hall–Kier alpha value is -2.19. The number of carbonyl (C=O) groups is 1. The van der Waals surface area contributed by atoms with Crippen LogP contribution >= 0.6 is 0 Å². The number of nitro groups is 1. The van der Waals surface area contributed by atoms with E-state index in [1.165, 1.54) is 18.2 Å². The van der Waals surface area contributed by atoms with Crippen LogP contribution in [0.3, 0.4) is 0 Å². The fraction of sp³-hybridized carbons (Fsp3) is 0.417. The first-order valence-corrected chi connectivity index (χ1v) is 6.08. The molecule has 1 aromatic carbocycles. The van der Waals surface area contributed by atoms with Crippen LogP contribution in [0, 0.1) is 10.1 Å². The Bertz CT molecular complexity index is 540. The monoisotopic (exact) mass is 281 g/mol. The summed E-state index contributed by atoms with van der Waals surface area (Å²) in [5, 5.41) is 22.9. The minimum absolute atomic E-state index is 0.237. The lowest BCUT2D eigenvalue weighted by Gasteiger charge is -2.31. The zero-order chi connectivity index (χ0) is 14.8. The summed E-state index contributed by atoms with van der Waals surface area (Å²) in [6.07, 6.45) is 0.639. The molecule has 0 unspecified atom stereocenters. The van der Waals surface area contributed by atoms with Crippen molar-refractivity contribution in [3.63, 3.8) is 0 Å². The molecule has 8 heteroatoms. The number of nitrogens with two attached hydrogens (primary N) is 1. The van der Waals surface area contributed by atoms with Crippen molar-refractivity contribution in [2.24, 2.45) is 5.73 Å². The van der Waals surface area contributed by atoms with Gasteiger partial charge in [0.25, 0.3) is 5.69 Å². The number of hydrogen-bond donors (Lipinski definition) is 3. The quantitative estimate of drug-likeness (QED) is 0.426. The fourth-order valence-electron chi connectivity index (χ4n) is 2.01. The predicted molar refractivity (Wildman–Crippen MR) is 70.4 cm³/mol. The highest BCUT2D eigenvalue weighted by molar-refractivity contribution is 6.00. The van der Waals surface area contributed by atoms with Crippen LogP contribution in [0.5, 0.6) is 5.75 Å². The van der Waals surface area contributed by atoms with Gasteiger partial charge in [0.15, 0.2) is 5.69 Å². The summed E-state index contributed by atoms with van der Waals surface area (Å²) in [6, 6.07) is 3.79. The summed E-state index contributed by atoms with van der Waals surface area (Å²) in [7, 11) is 0. The predicted octanol–water partition coefficient (Wildman–Crippen LogP) is 0.747. The molecule has 0 atom stereocenters. The van der Waals surface area contributed by atoms with Gasteiger partial charge in [-0.05, 0) is 18.9 Å². The van der Waals surface area contributed by atoms with E-state index in [0.29, 0.717) is 26.1 Å². The lowest BCUT2D eigenvalue weighted by atomic mass is 9.90. The van der Waals surface area contributed by atoms with Gasteiger partial charge in [-0.25, -0.2) is 0 Å². The van der Waals surface area contributed by atoms with Gasteiger partial charge < -0.3 is 20.9 Å². The Kier molecular flexibility index (Phi) is 3.86. The van der Waals surface area contributed by atoms with E-state index in [2.05, 4.69) is 5.32 Å². The molecule has 1 heterocycles. The molecule has 1 aliphatic rings. The third-order valence-corrected chi connectivity index (χ3v) is 3.29. The summed E-state index contributed by atoms with van der Waals surface area (Å²) in [5.74, 6) is -0.936. The SMILES string of the molecule is NC1(C(=O)Nc2c(O)cccc2[N+](=O)[O-])CCOCC1. The van der Waals surface area contributed by atoms with E-state index in [4.69, 9.17) is 10.5 Å².